The van der Waals surface area contributed by atoms with Crippen LogP contribution < -0.4 is 0 Å². The lowest BCUT2D eigenvalue weighted by molar-refractivity contribution is -0.156. The van der Waals surface area contributed by atoms with Crippen LogP contribution in [0.1, 0.15) is 26.7 Å². The lowest BCUT2D eigenvalue weighted by atomic mass is 9.78. The SMILES string of the molecule is C#CCOC(=O)C1(C(C)=O)CCC=C1C. The van der Waals surface area contributed by atoms with E-state index in [4.69, 9.17) is 11.2 Å². The van der Waals surface area contributed by atoms with Gasteiger partial charge < -0.3 is 4.74 Å². The number of rotatable bonds is 3. The van der Waals surface area contributed by atoms with Gasteiger partial charge in [-0.1, -0.05) is 17.6 Å². The number of carbonyl (C=O) groups is 2. The summed E-state index contributed by atoms with van der Waals surface area (Å²) in [5.41, 5.74) is -0.298. The Bertz CT molecular complexity index is 360. The second kappa shape index (κ2) is 4.31. The van der Waals surface area contributed by atoms with Gasteiger partial charge in [-0.05, 0) is 26.7 Å². The van der Waals surface area contributed by atoms with Crippen LogP contribution in [0.4, 0.5) is 0 Å². The van der Waals surface area contributed by atoms with Crippen molar-refractivity contribution in [2.24, 2.45) is 5.41 Å². The zero-order valence-corrected chi connectivity index (χ0v) is 9.00. The maximum Gasteiger partial charge on any atom is 0.324 e. The fraction of sp³-hybridized carbons (Fsp3) is 0.500. The van der Waals surface area contributed by atoms with Crippen LogP contribution in [0.15, 0.2) is 11.6 Å². The molecule has 0 saturated heterocycles. The fourth-order valence-electron chi connectivity index (χ4n) is 1.97. The largest absolute Gasteiger partial charge is 0.452 e. The first-order valence-electron chi connectivity index (χ1n) is 4.84. The topological polar surface area (TPSA) is 43.4 Å². The molecule has 1 aliphatic carbocycles. The maximum absolute atomic E-state index is 11.8. The second-order valence-corrected chi connectivity index (χ2v) is 3.67. The average Bonchev–Trinajstić information content (AvgIpc) is 2.57. The summed E-state index contributed by atoms with van der Waals surface area (Å²) in [5, 5.41) is 0. The lowest BCUT2D eigenvalue weighted by Crippen LogP contribution is -2.38. The van der Waals surface area contributed by atoms with Gasteiger partial charge in [0.25, 0.3) is 0 Å². The molecule has 0 aliphatic heterocycles. The summed E-state index contributed by atoms with van der Waals surface area (Å²) in [6, 6.07) is 0. The van der Waals surface area contributed by atoms with Gasteiger partial charge in [-0.3, -0.25) is 9.59 Å². The van der Waals surface area contributed by atoms with Crippen LogP contribution in [-0.2, 0) is 14.3 Å². The normalized spacial score (nSPS) is 24.2. The Morgan fingerprint density at radius 1 is 1.67 bits per heavy atom. The van der Waals surface area contributed by atoms with E-state index in [0.29, 0.717) is 6.42 Å². The Labute approximate surface area is 89.5 Å². The van der Waals surface area contributed by atoms with Crippen molar-refractivity contribution in [2.45, 2.75) is 26.7 Å². The molecule has 80 valence electrons. The van der Waals surface area contributed by atoms with Gasteiger partial charge >= 0.3 is 5.97 Å². The molecule has 0 fully saturated rings. The number of ether oxygens (including phenoxy) is 1. The van der Waals surface area contributed by atoms with E-state index in [-0.39, 0.29) is 12.4 Å². The summed E-state index contributed by atoms with van der Waals surface area (Å²) in [4.78, 5) is 23.4. The Morgan fingerprint density at radius 3 is 2.73 bits per heavy atom. The van der Waals surface area contributed by atoms with E-state index in [1.807, 2.05) is 6.08 Å². The zero-order chi connectivity index (χ0) is 11.5. The number of carbonyl (C=O) groups excluding carboxylic acids is 2. The van der Waals surface area contributed by atoms with E-state index in [1.165, 1.54) is 6.92 Å². The average molecular weight is 206 g/mol. The van der Waals surface area contributed by atoms with Crippen LogP contribution in [0.5, 0.6) is 0 Å². The molecule has 0 radical (unpaired) electrons. The molecular weight excluding hydrogens is 192 g/mol. The zero-order valence-electron chi connectivity index (χ0n) is 9.00. The molecule has 0 amide bonds. The molecule has 3 heteroatoms. The molecule has 0 aromatic heterocycles. The first-order valence-corrected chi connectivity index (χ1v) is 4.84. The Morgan fingerprint density at radius 2 is 2.33 bits per heavy atom. The highest BCUT2D eigenvalue weighted by Crippen LogP contribution is 2.40. The van der Waals surface area contributed by atoms with Gasteiger partial charge in [-0.2, -0.15) is 0 Å². The predicted octanol–water partition coefficient (Wildman–Crippen LogP) is 1.48. The summed E-state index contributed by atoms with van der Waals surface area (Å²) in [6.07, 6.45) is 8.13. The number of hydrogen-bond donors (Lipinski definition) is 0. The van der Waals surface area contributed by atoms with Crippen molar-refractivity contribution < 1.29 is 14.3 Å². The number of ketones is 1. The van der Waals surface area contributed by atoms with Crippen molar-refractivity contribution in [3.63, 3.8) is 0 Å². The van der Waals surface area contributed by atoms with Crippen molar-refractivity contribution in [3.8, 4) is 12.3 Å². The van der Waals surface area contributed by atoms with Crippen LogP contribution in [0.3, 0.4) is 0 Å². The number of terminal acetylenes is 1. The molecular formula is C12H14O3. The standard InChI is InChI=1S/C12H14O3/c1-4-8-15-11(14)12(10(3)13)7-5-6-9(12)2/h1,6H,5,7-8H2,2-3H3. The molecule has 0 saturated carbocycles. The molecule has 3 nitrogen and oxygen atoms in total. The Kier molecular flexibility index (Phi) is 3.31. The minimum absolute atomic E-state index is 0.0822. The maximum atomic E-state index is 11.8. The van der Waals surface area contributed by atoms with E-state index in [9.17, 15) is 9.59 Å². The van der Waals surface area contributed by atoms with Crippen molar-refractivity contribution in [1.82, 2.24) is 0 Å². The molecule has 15 heavy (non-hydrogen) atoms. The Hall–Kier alpha value is -1.56. The fourth-order valence-corrected chi connectivity index (χ4v) is 1.97. The third kappa shape index (κ3) is 1.80. The van der Waals surface area contributed by atoms with Gasteiger partial charge in [0.15, 0.2) is 12.4 Å². The summed E-state index contributed by atoms with van der Waals surface area (Å²) in [6.45, 7) is 3.12. The summed E-state index contributed by atoms with van der Waals surface area (Å²) in [5.74, 6) is 1.53. The molecule has 1 rings (SSSR count). The summed E-state index contributed by atoms with van der Waals surface area (Å²) in [7, 11) is 0. The van der Waals surface area contributed by atoms with Crippen LogP contribution in [0.2, 0.25) is 0 Å². The van der Waals surface area contributed by atoms with Crippen LogP contribution in [0, 0.1) is 17.8 Å². The van der Waals surface area contributed by atoms with Crippen LogP contribution in [0.25, 0.3) is 0 Å². The first kappa shape index (κ1) is 11.5. The number of hydrogen-bond acceptors (Lipinski definition) is 3. The minimum atomic E-state index is -1.07. The molecule has 0 spiro atoms. The van der Waals surface area contributed by atoms with Crippen molar-refractivity contribution in [2.75, 3.05) is 6.61 Å². The van der Waals surface area contributed by atoms with Gasteiger partial charge in [0.2, 0.25) is 0 Å². The quantitative estimate of drug-likeness (QED) is 0.304. The van der Waals surface area contributed by atoms with E-state index in [2.05, 4.69) is 5.92 Å². The molecule has 1 atom stereocenters. The monoisotopic (exact) mass is 206 g/mol. The number of esters is 1. The molecule has 1 unspecified atom stereocenters. The van der Waals surface area contributed by atoms with E-state index in [0.717, 1.165) is 12.0 Å². The van der Waals surface area contributed by atoms with E-state index >= 15 is 0 Å². The Balaban J connectivity index is 2.94. The smallest absolute Gasteiger partial charge is 0.324 e. The van der Waals surface area contributed by atoms with Crippen molar-refractivity contribution >= 4 is 11.8 Å². The second-order valence-electron chi connectivity index (χ2n) is 3.67. The summed E-state index contributed by atoms with van der Waals surface area (Å²) >= 11 is 0. The van der Waals surface area contributed by atoms with E-state index in [1.54, 1.807) is 6.92 Å². The van der Waals surface area contributed by atoms with Gasteiger partial charge in [-0.15, -0.1) is 6.42 Å². The highest BCUT2D eigenvalue weighted by molar-refractivity contribution is 6.06. The van der Waals surface area contributed by atoms with Crippen molar-refractivity contribution in [3.05, 3.63) is 11.6 Å². The third-order valence-electron chi connectivity index (χ3n) is 2.88. The van der Waals surface area contributed by atoms with Gasteiger partial charge in [0.05, 0.1) is 0 Å². The molecule has 1 aliphatic rings. The molecule has 0 bridgehead atoms. The molecule has 0 aromatic carbocycles. The summed E-state index contributed by atoms with van der Waals surface area (Å²) < 4.78 is 4.87. The molecule has 0 aromatic rings. The predicted molar refractivity (Wildman–Crippen MR) is 55.9 cm³/mol. The van der Waals surface area contributed by atoms with Crippen LogP contribution >= 0.6 is 0 Å². The minimum Gasteiger partial charge on any atom is -0.452 e. The highest BCUT2D eigenvalue weighted by Gasteiger charge is 2.48. The lowest BCUT2D eigenvalue weighted by Gasteiger charge is -2.25. The highest BCUT2D eigenvalue weighted by atomic mass is 16.5. The first-order chi connectivity index (χ1) is 7.05. The van der Waals surface area contributed by atoms with Gasteiger partial charge in [0, 0.05) is 0 Å². The number of Topliss-reactive ketones (excluding diaryl/α,β-unsaturated/α-hetero) is 1. The van der Waals surface area contributed by atoms with Gasteiger partial charge in [-0.25, -0.2) is 0 Å². The third-order valence-corrected chi connectivity index (χ3v) is 2.88. The molecule has 0 heterocycles. The molecule has 0 N–H and O–H groups in total. The van der Waals surface area contributed by atoms with Crippen LogP contribution in [-0.4, -0.2) is 18.4 Å². The van der Waals surface area contributed by atoms with Gasteiger partial charge in [0.1, 0.15) is 5.41 Å². The van der Waals surface area contributed by atoms with E-state index < -0.39 is 11.4 Å². The van der Waals surface area contributed by atoms with Crippen molar-refractivity contribution in [1.29, 1.82) is 0 Å². The number of allylic oxidation sites excluding steroid dienone is 1.